The van der Waals surface area contributed by atoms with Crippen molar-refractivity contribution >= 4 is 40.7 Å². The topological polar surface area (TPSA) is 53.5 Å². The minimum Gasteiger partial charge on any atom is -0.357 e. The van der Waals surface area contributed by atoms with Crippen LogP contribution in [0.3, 0.4) is 0 Å². The van der Waals surface area contributed by atoms with E-state index < -0.39 is 10.8 Å². The summed E-state index contributed by atoms with van der Waals surface area (Å²) in [5.74, 6) is 1.14. The molecule has 1 aliphatic rings. The molecule has 4 nitrogen and oxygen atoms in total. The fraction of sp³-hybridized carbons (Fsp3) is 0.632. The third-order valence-corrected chi connectivity index (χ3v) is 6.39. The van der Waals surface area contributed by atoms with E-state index in [1.165, 1.54) is 6.07 Å². The normalized spacial score (nSPS) is 17.2. The Hall–Kier alpha value is -0.700. The number of benzene rings is 1. The molecule has 1 unspecified atom stereocenters. The van der Waals surface area contributed by atoms with Gasteiger partial charge in [0.25, 0.3) is 0 Å². The highest BCUT2D eigenvalue weighted by Crippen LogP contribution is 2.49. The van der Waals surface area contributed by atoms with Gasteiger partial charge in [0.05, 0.1) is 6.54 Å². The van der Waals surface area contributed by atoms with Gasteiger partial charge in [-0.25, -0.2) is 4.39 Å². The van der Waals surface area contributed by atoms with Crippen LogP contribution in [0.15, 0.2) is 29.3 Å². The van der Waals surface area contributed by atoms with E-state index in [1.54, 1.807) is 6.07 Å². The summed E-state index contributed by atoms with van der Waals surface area (Å²) >= 11 is 0. The lowest BCUT2D eigenvalue weighted by molar-refractivity contribution is 0.572. The first-order valence-corrected chi connectivity index (χ1v) is 10.3. The second-order valence-corrected chi connectivity index (χ2v) is 9.87. The minimum atomic E-state index is -0.894. The predicted molar refractivity (Wildman–Crippen MR) is 119 cm³/mol. The molecule has 1 aliphatic carbocycles. The van der Waals surface area contributed by atoms with E-state index in [0.29, 0.717) is 24.8 Å². The number of nitrogens with one attached hydrogen (secondary N) is 2. The molecule has 0 aromatic heterocycles. The van der Waals surface area contributed by atoms with Crippen LogP contribution in [0.25, 0.3) is 0 Å². The molecule has 0 radical (unpaired) electrons. The molecule has 26 heavy (non-hydrogen) atoms. The zero-order valence-corrected chi connectivity index (χ0v) is 19.2. The summed E-state index contributed by atoms with van der Waals surface area (Å²) in [7, 11) is -0.894. The predicted octanol–water partition coefficient (Wildman–Crippen LogP) is 3.58. The Morgan fingerprint density at radius 2 is 1.92 bits per heavy atom. The maximum atomic E-state index is 14.1. The van der Waals surface area contributed by atoms with Gasteiger partial charge >= 0.3 is 0 Å². The average molecular weight is 495 g/mol. The van der Waals surface area contributed by atoms with Crippen molar-refractivity contribution in [3.8, 4) is 0 Å². The zero-order chi connectivity index (χ0) is 18.5. The van der Waals surface area contributed by atoms with Gasteiger partial charge in [0.15, 0.2) is 5.96 Å². The maximum Gasteiger partial charge on any atom is 0.191 e. The van der Waals surface area contributed by atoms with Gasteiger partial charge in [0.1, 0.15) is 5.82 Å². The van der Waals surface area contributed by atoms with E-state index in [9.17, 15) is 8.60 Å². The van der Waals surface area contributed by atoms with Crippen molar-refractivity contribution in [1.29, 1.82) is 0 Å². The van der Waals surface area contributed by atoms with E-state index in [0.717, 1.165) is 24.9 Å². The van der Waals surface area contributed by atoms with Crippen LogP contribution >= 0.6 is 24.0 Å². The van der Waals surface area contributed by atoms with Gasteiger partial charge in [-0.15, -0.1) is 24.0 Å². The van der Waals surface area contributed by atoms with Crippen LogP contribution in [0.1, 0.15) is 46.1 Å². The van der Waals surface area contributed by atoms with Crippen molar-refractivity contribution in [2.45, 2.75) is 50.7 Å². The molecular formula is C19H31FIN3OS. The van der Waals surface area contributed by atoms with Crippen LogP contribution in [0, 0.1) is 5.82 Å². The van der Waals surface area contributed by atoms with Crippen LogP contribution in [-0.4, -0.2) is 40.3 Å². The molecule has 1 atom stereocenters. The molecule has 2 N–H and O–H groups in total. The van der Waals surface area contributed by atoms with Crippen molar-refractivity contribution in [1.82, 2.24) is 10.6 Å². The van der Waals surface area contributed by atoms with Gasteiger partial charge in [0.2, 0.25) is 0 Å². The van der Waals surface area contributed by atoms with Crippen LogP contribution in [-0.2, 0) is 16.2 Å². The molecule has 0 heterocycles. The molecule has 2 rings (SSSR count). The SMILES string of the molecule is CCNC(=NCC1(c2ccccc2F)CC1)NCCS(=O)C(C)(C)C.I. The number of hydrogen-bond acceptors (Lipinski definition) is 2. The molecule has 1 aromatic carbocycles. The molecular weight excluding hydrogens is 464 g/mol. The smallest absolute Gasteiger partial charge is 0.191 e. The Kier molecular flexibility index (Phi) is 8.99. The zero-order valence-electron chi connectivity index (χ0n) is 16.1. The first-order chi connectivity index (χ1) is 11.8. The summed E-state index contributed by atoms with van der Waals surface area (Å²) in [5, 5.41) is 6.45. The quantitative estimate of drug-likeness (QED) is 0.346. The lowest BCUT2D eigenvalue weighted by atomic mass is 9.95. The summed E-state index contributed by atoms with van der Waals surface area (Å²) in [6, 6.07) is 6.99. The number of guanidine groups is 1. The Labute approximate surface area is 176 Å². The van der Waals surface area contributed by atoms with Crippen molar-refractivity contribution in [2.24, 2.45) is 4.99 Å². The number of halogens is 2. The Balaban J connectivity index is 0.00000338. The second kappa shape index (κ2) is 10.0. The molecule has 1 fully saturated rings. The van der Waals surface area contributed by atoms with Crippen molar-refractivity contribution < 1.29 is 8.60 Å². The standard InChI is InChI=1S/C19H30FN3OS.HI/c1-5-21-17(22-12-13-25(24)18(2,3)4)23-14-19(10-11-19)15-8-6-7-9-16(15)20;/h6-9H,5,10-14H2,1-4H3,(H2,21,22,23);1H. The summed E-state index contributed by atoms with van der Waals surface area (Å²) < 4.78 is 26.0. The number of aliphatic imine (C=N–C) groups is 1. The Morgan fingerprint density at radius 1 is 1.27 bits per heavy atom. The third-order valence-electron chi connectivity index (χ3n) is 4.45. The number of rotatable bonds is 7. The van der Waals surface area contributed by atoms with Gasteiger partial charge < -0.3 is 10.6 Å². The lowest BCUT2D eigenvalue weighted by Crippen LogP contribution is -2.41. The maximum absolute atomic E-state index is 14.1. The van der Waals surface area contributed by atoms with Crippen molar-refractivity contribution in [2.75, 3.05) is 25.4 Å². The number of nitrogens with zero attached hydrogens (tertiary/aromatic N) is 1. The van der Waals surface area contributed by atoms with Crippen LogP contribution in [0.4, 0.5) is 4.39 Å². The monoisotopic (exact) mass is 495 g/mol. The largest absolute Gasteiger partial charge is 0.357 e. The number of hydrogen-bond donors (Lipinski definition) is 2. The Bertz CT molecular complexity index is 642. The van der Waals surface area contributed by atoms with Crippen LogP contribution < -0.4 is 10.6 Å². The van der Waals surface area contributed by atoms with E-state index in [1.807, 2.05) is 39.8 Å². The van der Waals surface area contributed by atoms with Gasteiger partial charge in [0, 0.05) is 39.8 Å². The van der Waals surface area contributed by atoms with Crippen molar-refractivity contribution in [3.05, 3.63) is 35.6 Å². The summed E-state index contributed by atoms with van der Waals surface area (Å²) in [4.78, 5) is 4.65. The molecule has 0 amide bonds. The second-order valence-electron chi connectivity index (χ2n) is 7.54. The van der Waals surface area contributed by atoms with E-state index in [-0.39, 0.29) is 40.0 Å². The fourth-order valence-corrected chi connectivity index (χ4v) is 3.60. The molecule has 148 valence electrons. The van der Waals surface area contributed by atoms with Gasteiger partial charge in [-0.1, -0.05) is 18.2 Å². The Morgan fingerprint density at radius 3 is 2.46 bits per heavy atom. The molecule has 1 saturated carbocycles. The summed E-state index contributed by atoms with van der Waals surface area (Å²) in [6.07, 6.45) is 1.93. The first-order valence-electron chi connectivity index (χ1n) is 8.94. The summed E-state index contributed by atoms with van der Waals surface area (Å²) in [5.41, 5.74) is 0.602. The first kappa shape index (κ1) is 23.3. The lowest BCUT2D eigenvalue weighted by Gasteiger charge is -2.19. The van der Waals surface area contributed by atoms with Crippen molar-refractivity contribution in [3.63, 3.8) is 0 Å². The summed E-state index contributed by atoms with van der Waals surface area (Å²) in [6.45, 7) is 9.86. The molecule has 0 bridgehead atoms. The van der Waals surface area contributed by atoms with E-state index >= 15 is 0 Å². The highest BCUT2D eigenvalue weighted by atomic mass is 127. The van der Waals surface area contributed by atoms with Gasteiger partial charge in [-0.2, -0.15) is 0 Å². The third kappa shape index (κ3) is 6.48. The molecule has 1 aromatic rings. The van der Waals surface area contributed by atoms with Gasteiger partial charge in [-0.3, -0.25) is 9.20 Å². The van der Waals surface area contributed by atoms with Crippen LogP contribution in [0.2, 0.25) is 0 Å². The van der Waals surface area contributed by atoms with Gasteiger partial charge in [-0.05, 0) is 52.2 Å². The van der Waals surface area contributed by atoms with E-state index in [4.69, 9.17) is 0 Å². The minimum absolute atomic E-state index is 0. The highest BCUT2D eigenvalue weighted by Gasteiger charge is 2.45. The average Bonchev–Trinajstić information content (AvgIpc) is 3.33. The van der Waals surface area contributed by atoms with E-state index in [2.05, 4.69) is 15.6 Å². The molecule has 0 saturated heterocycles. The van der Waals surface area contributed by atoms with Crippen LogP contribution in [0.5, 0.6) is 0 Å². The molecule has 7 heteroatoms. The highest BCUT2D eigenvalue weighted by molar-refractivity contribution is 14.0. The molecule has 0 aliphatic heterocycles. The fourth-order valence-electron chi connectivity index (χ4n) is 2.70. The molecule has 0 spiro atoms.